The van der Waals surface area contributed by atoms with Gasteiger partial charge in [-0.1, -0.05) is 30.3 Å². The maximum Gasteiger partial charge on any atom is 0.172 e. The highest BCUT2D eigenvalue weighted by Crippen LogP contribution is 2.19. The van der Waals surface area contributed by atoms with Gasteiger partial charge in [0.15, 0.2) is 10.9 Å². The fraction of sp³-hybridized carbons (Fsp3) is 0.214. The van der Waals surface area contributed by atoms with Gasteiger partial charge in [0.2, 0.25) is 0 Å². The van der Waals surface area contributed by atoms with Crippen LogP contribution in [0.25, 0.3) is 0 Å². The largest absolute Gasteiger partial charge is 0.362 e. The molecule has 0 unspecified atom stereocenters. The number of nitrogens with zero attached hydrogens (tertiary/aromatic N) is 2. The standard InChI is InChI=1S/C14H14Br2N4S/c15-11-9-18-13(12(16)19-11)20-14(21)17-8-4-7-10-5-2-1-3-6-10/h1-3,5-6,9H,4,7-8H2,(H2,17,18,20,21). The van der Waals surface area contributed by atoms with Gasteiger partial charge in [-0.05, 0) is 62.5 Å². The highest BCUT2D eigenvalue weighted by Gasteiger charge is 2.05. The molecular formula is C14H14Br2N4S. The van der Waals surface area contributed by atoms with E-state index in [4.69, 9.17) is 12.2 Å². The molecule has 0 aliphatic carbocycles. The van der Waals surface area contributed by atoms with E-state index in [1.807, 2.05) is 6.07 Å². The van der Waals surface area contributed by atoms with Crippen LogP contribution in [0.3, 0.4) is 0 Å². The van der Waals surface area contributed by atoms with E-state index in [-0.39, 0.29) is 0 Å². The molecule has 0 amide bonds. The normalized spacial score (nSPS) is 10.2. The average molecular weight is 430 g/mol. The Kier molecular flexibility index (Phi) is 6.53. The minimum absolute atomic E-state index is 0.542. The molecule has 0 radical (unpaired) electrons. The summed E-state index contributed by atoms with van der Waals surface area (Å²) in [6.45, 7) is 0.808. The van der Waals surface area contributed by atoms with Gasteiger partial charge in [-0.2, -0.15) is 0 Å². The first-order chi connectivity index (χ1) is 10.1. The Bertz CT molecular complexity index is 607. The summed E-state index contributed by atoms with van der Waals surface area (Å²) in [7, 11) is 0. The Morgan fingerprint density at radius 2 is 1.95 bits per heavy atom. The SMILES string of the molecule is S=C(NCCCc1ccccc1)Nc1ncc(Br)nc1Br. The lowest BCUT2D eigenvalue weighted by molar-refractivity contribution is 0.777. The van der Waals surface area contributed by atoms with Crippen LogP contribution in [0, 0.1) is 0 Å². The molecule has 0 aliphatic heterocycles. The Morgan fingerprint density at radius 1 is 1.19 bits per heavy atom. The van der Waals surface area contributed by atoms with Gasteiger partial charge >= 0.3 is 0 Å². The molecule has 0 atom stereocenters. The van der Waals surface area contributed by atoms with Gasteiger partial charge in [0.05, 0.1) is 6.20 Å². The summed E-state index contributed by atoms with van der Waals surface area (Å²) in [4.78, 5) is 8.38. The van der Waals surface area contributed by atoms with Crippen molar-refractivity contribution in [3.05, 3.63) is 51.3 Å². The van der Waals surface area contributed by atoms with Gasteiger partial charge in [0.1, 0.15) is 9.21 Å². The first kappa shape index (κ1) is 16.3. The molecule has 0 saturated carbocycles. The smallest absolute Gasteiger partial charge is 0.172 e. The number of aromatic nitrogens is 2. The van der Waals surface area contributed by atoms with E-state index in [1.54, 1.807) is 6.20 Å². The Labute approximate surface area is 146 Å². The van der Waals surface area contributed by atoms with Gasteiger partial charge in [-0.25, -0.2) is 9.97 Å². The predicted octanol–water partition coefficient (Wildman–Crippen LogP) is 3.92. The summed E-state index contributed by atoms with van der Waals surface area (Å²) in [5, 5.41) is 6.72. The third kappa shape index (κ3) is 5.68. The number of rotatable bonds is 5. The summed E-state index contributed by atoms with van der Waals surface area (Å²) in [5.74, 6) is 0.596. The predicted molar refractivity (Wildman–Crippen MR) is 96.4 cm³/mol. The lowest BCUT2D eigenvalue weighted by Gasteiger charge is -2.10. The van der Waals surface area contributed by atoms with Crippen molar-refractivity contribution < 1.29 is 0 Å². The number of hydrogen-bond donors (Lipinski definition) is 2. The number of halogens is 2. The minimum Gasteiger partial charge on any atom is -0.362 e. The second kappa shape index (κ2) is 8.41. The lowest BCUT2D eigenvalue weighted by Crippen LogP contribution is -2.30. The molecule has 2 rings (SSSR count). The number of thiocarbonyl (C=S) groups is 1. The van der Waals surface area contributed by atoms with E-state index in [9.17, 15) is 0 Å². The van der Waals surface area contributed by atoms with E-state index in [0.717, 1.165) is 19.4 Å². The van der Waals surface area contributed by atoms with Crippen molar-refractivity contribution in [2.75, 3.05) is 11.9 Å². The molecule has 110 valence electrons. The maximum absolute atomic E-state index is 5.24. The average Bonchev–Trinajstić information content (AvgIpc) is 2.48. The third-order valence-corrected chi connectivity index (χ3v) is 3.88. The molecule has 0 saturated heterocycles. The lowest BCUT2D eigenvalue weighted by atomic mass is 10.1. The van der Waals surface area contributed by atoms with E-state index in [0.29, 0.717) is 20.1 Å². The van der Waals surface area contributed by atoms with Gasteiger partial charge < -0.3 is 10.6 Å². The number of benzene rings is 1. The summed E-state index contributed by atoms with van der Waals surface area (Å²) >= 11 is 11.8. The van der Waals surface area contributed by atoms with E-state index >= 15 is 0 Å². The molecule has 7 heteroatoms. The Morgan fingerprint density at radius 3 is 2.67 bits per heavy atom. The molecule has 0 fully saturated rings. The van der Waals surface area contributed by atoms with Crippen molar-refractivity contribution in [3.8, 4) is 0 Å². The monoisotopic (exact) mass is 428 g/mol. The maximum atomic E-state index is 5.24. The highest BCUT2D eigenvalue weighted by atomic mass is 79.9. The summed E-state index contributed by atoms with van der Waals surface area (Å²) in [6.07, 6.45) is 3.66. The van der Waals surface area contributed by atoms with Gasteiger partial charge in [0.25, 0.3) is 0 Å². The molecular weight excluding hydrogens is 416 g/mol. The van der Waals surface area contributed by atoms with Crippen LogP contribution in [0.2, 0.25) is 0 Å². The number of anilines is 1. The van der Waals surface area contributed by atoms with Crippen molar-refractivity contribution in [1.29, 1.82) is 0 Å². The fourth-order valence-corrected chi connectivity index (χ4v) is 2.83. The molecule has 2 N–H and O–H groups in total. The molecule has 4 nitrogen and oxygen atoms in total. The second-order valence-corrected chi connectivity index (χ2v) is 6.27. The number of nitrogens with one attached hydrogen (secondary N) is 2. The van der Waals surface area contributed by atoms with Gasteiger partial charge in [-0.3, -0.25) is 0 Å². The van der Waals surface area contributed by atoms with Crippen LogP contribution in [0.5, 0.6) is 0 Å². The van der Waals surface area contributed by atoms with E-state index in [1.165, 1.54) is 5.56 Å². The first-order valence-corrected chi connectivity index (χ1v) is 8.41. The molecule has 0 spiro atoms. The highest BCUT2D eigenvalue weighted by molar-refractivity contribution is 9.11. The molecule has 1 heterocycles. The molecule has 1 aromatic carbocycles. The van der Waals surface area contributed by atoms with Crippen LogP contribution in [-0.4, -0.2) is 21.6 Å². The topological polar surface area (TPSA) is 49.8 Å². The van der Waals surface area contributed by atoms with Crippen molar-refractivity contribution in [2.45, 2.75) is 12.8 Å². The van der Waals surface area contributed by atoms with Gasteiger partial charge in [-0.15, -0.1) is 0 Å². The summed E-state index contributed by atoms with van der Waals surface area (Å²) in [5.41, 5.74) is 1.33. The molecule has 0 bridgehead atoms. The second-order valence-electron chi connectivity index (χ2n) is 4.30. The van der Waals surface area contributed by atoms with Crippen LogP contribution in [0.4, 0.5) is 5.82 Å². The molecule has 2 aromatic rings. The van der Waals surface area contributed by atoms with Crippen LogP contribution >= 0.6 is 44.1 Å². The summed E-state index contributed by atoms with van der Waals surface area (Å²) in [6, 6.07) is 10.4. The Hall–Kier alpha value is -1.05. The zero-order valence-corrected chi connectivity index (χ0v) is 15.1. The minimum atomic E-state index is 0.542. The molecule has 0 aliphatic rings. The van der Waals surface area contributed by atoms with Crippen LogP contribution in [0.1, 0.15) is 12.0 Å². The van der Waals surface area contributed by atoms with E-state index < -0.39 is 0 Å². The zero-order chi connectivity index (χ0) is 15.1. The van der Waals surface area contributed by atoms with Crippen molar-refractivity contribution in [1.82, 2.24) is 15.3 Å². The molecule has 21 heavy (non-hydrogen) atoms. The number of aryl methyl sites for hydroxylation is 1. The van der Waals surface area contributed by atoms with Gasteiger partial charge in [0, 0.05) is 6.54 Å². The van der Waals surface area contributed by atoms with Crippen molar-refractivity contribution in [3.63, 3.8) is 0 Å². The van der Waals surface area contributed by atoms with Crippen molar-refractivity contribution in [2.24, 2.45) is 0 Å². The first-order valence-electron chi connectivity index (χ1n) is 6.42. The number of hydrogen-bond acceptors (Lipinski definition) is 3. The van der Waals surface area contributed by atoms with Crippen LogP contribution in [-0.2, 0) is 6.42 Å². The van der Waals surface area contributed by atoms with Crippen LogP contribution in [0.15, 0.2) is 45.7 Å². The fourth-order valence-electron chi connectivity index (χ4n) is 1.72. The quantitative estimate of drug-likeness (QED) is 0.557. The Balaban J connectivity index is 1.72. The summed E-state index contributed by atoms with van der Waals surface area (Å²) < 4.78 is 1.28. The zero-order valence-electron chi connectivity index (χ0n) is 11.1. The molecule has 1 aromatic heterocycles. The van der Waals surface area contributed by atoms with Crippen molar-refractivity contribution >= 4 is 55.0 Å². The van der Waals surface area contributed by atoms with E-state index in [2.05, 4.69) is 76.7 Å². The van der Waals surface area contributed by atoms with Crippen LogP contribution < -0.4 is 10.6 Å². The third-order valence-electron chi connectivity index (χ3n) is 2.70.